The number of benzene rings is 1. The second-order valence-corrected chi connectivity index (χ2v) is 4.16. The fraction of sp³-hybridized carbons (Fsp3) is 0.154. The van der Waals surface area contributed by atoms with E-state index in [1.807, 2.05) is 25.2 Å². The summed E-state index contributed by atoms with van der Waals surface area (Å²) in [7, 11) is 1.86. The monoisotopic (exact) mass is 266 g/mol. The maximum atomic E-state index is 13.5. The molecule has 1 aromatic carbocycles. The van der Waals surface area contributed by atoms with Gasteiger partial charge in [-0.15, -0.1) is 0 Å². The molecule has 18 heavy (non-hydrogen) atoms. The number of nitrogens with one attached hydrogen (secondary N) is 1. The molecule has 1 N–H and O–H groups in total. The summed E-state index contributed by atoms with van der Waals surface area (Å²) in [5.41, 5.74) is 1.05. The lowest BCUT2D eigenvalue weighted by molar-refractivity contribution is 0.422. The van der Waals surface area contributed by atoms with Crippen LogP contribution in [-0.4, -0.2) is 12.0 Å². The van der Waals surface area contributed by atoms with Crippen LogP contribution in [0.4, 0.5) is 4.39 Å². The second-order valence-electron chi connectivity index (χ2n) is 3.72. The number of rotatable bonds is 4. The maximum Gasteiger partial charge on any atom is 0.255 e. The molecule has 0 unspecified atom stereocenters. The molecule has 0 radical (unpaired) electrons. The number of hydrogen-bond donors (Lipinski definition) is 1. The number of aromatic nitrogens is 1. The molecule has 2 rings (SSSR count). The van der Waals surface area contributed by atoms with Gasteiger partial charge in [0.15, 0.2) is 5.82 Å². The number of pyridine rings is 1. The molecular weight excluding hydrogens is 255 g/mol. The van der Waals surface area contributed by atoms with Crippen molar-refractivity contribution in [2.45, 2.75) is 6.54 Å². The predicted octanol–water partition coefficient (Wildman–Crippen LogP) is 3.39. The van der Waals surface area contributed by atoms with E-state index in [2.05, 4.69) is 10.3 Å². The van der Waals surface area contributed by atoms with Crippen molar-refractivity contribution in [2.24, 2.45) is 0 Å². The zero-order valence-corrected chi connectivity index (χ0v) is 10.5. The lowest BCUT2D eigenvalue weighted by Gasteiger charge is -2.07. The maximum absolute atomic E-state index is 13.5. The molecule has 2 aromatic rings. The zero-order chi connectivity index (χ0) is 13.0. The van der Waals surface area contributed by atoms with Crippen molar-refractivity contribution in [2.75, 3.05) is 7.05 Å². The van der Waals surface area contributed by atoms with Crippen LogP contribution in [0.5, 0.6) is 11.6 Å². The van der Waals surface area contributed by atoms with Crippen LogP contribution in [-0.2, 0) is 6.54 Å². The highest BCUT2D eigenvalue weighted by Gasteiger charge is 2.07. The van der Waals surface area contributed by atoms with Gasteiger partial charge in [-0.25, -0.2) is 9.37 Å². The van der Waals surface area contributed by atoms with Crippen LogP contribution in [0.25, 0.3) is 0 Å². The van der Waals surface area contributed by atoms with Gasteiger partial charge in [0.1, 0.15) is 5.75 Å². The topological polar surface area (TPSA) is 34.1 Å². The second kappa shape index (κ2) is 5.80. The molecular formula is C13H12ClFN2O. The van der Waals surface area contributed by atoms with E-state index < -0.39 is 5.82 Å². The molecule has 0 aliphatic carbocycles. The zero-order valence-electron chi connectivity index (χ0n) is 9.78. The fourth-order valence-electron chi connectivity index (χ4n) is 1.51. The van der Waals surface area contributed by atoms with Crippen molar-refractivity contribution in [3.05, 3.63) is 52.9 Å². The van der Waals surface area contributed by atoms with Gasteiger partial charge in [-0.2, -0.15) is 0 Å². The van der Waals surface area contributed by atoms with E-state index in [1.165, 1.54) is 12.3 Å². The Balaban J connectivity index is 2.20. The van der Waals surface area contributed by atoms with Crippen LogP contribution < -0.4 is 10.1 Å². The summed E-state index contributed by atoms with van der Waals surface area (Å²) in [4.78, 5) is 3.80. The highest BCUT2D eigenvalue weighted by Crippen LogP contribution is 2.24. The first-order valence-corrected chi connectivity index (χ1v) is 5.79. The smallest absolute Gasteiger partial charge is 0.255 e. The first-order valence-electron chi connectivity index (χ1n) is 5.41. The molecule has 0 amide bonds. The first-order chi connectivity index (χ1) is 8.69. The minimum atomic E-state index is -0.582. The van der Waals surface area contributed by atoms with Crippen LogP contribution in [0, 0.1) is 5.82 Å². The molecule has 5 heteroatoms. The van der Waals surface area contributed by atoms with Gasteiger partial charge < -0.3 is 10.1 Å². The van der Waals surface area contributed by atoms with E-state index in [0.717, 1.165) is 5.56 Å². The Labute approximate surface area is 110 Å². The van der Waals surface area contributed by atoms with Gasteiger partial charge in [-0.3, -0.25) is 0 Å². The lowest BCUT2D eigenvalue weighted by Crippen LogP contribution is -2.04. The van der Waals surface area contributed by atoms with Gasteiger partial charge in [-0.1, -0.05) is 23.7 Å². The fourth-order valence-corrected chi connectivity index (χ4v) is 1.66. The summed E-state index contributed by atoms with van der Waals surface area (Å²) < 4.78 is 18.9. The quantitative estimate of drug-likeness (QED) is 0.921. The Kier molecular flexibility index (Phi) is 4.12. The van der Waals surface area contributed by atoms with Crippen molar-refractivity contribution < 1.29 is 9.13 Å². The van der Waals surface area contributed by atoms with Crippen LogP contribution in [0.3, 0.4) is 0 Å². The van der Waals surface area contributed by atoms with E-state index in [0.29, 0.717) is 12.3 Å². The minimum absolute atomic E-state index is 0.0824. The molecule has 0 saturated heterocycles. The molecule has 0 bridgehead atoms. The average Bonchev–Trinajstić information content (AvgIpc) is 2.34. The Bertz CT molecular complexity index is 548. The summed E-state index contributed by atoms with van der Waals surface area (Å²) in [6.45, 7) is 0.716. The summed E-state index contributed by atoms with van der Waals surface area (Å²) in [5.74, 6) is -0.126. The number of hydrogen-bond acceptors (Lipinski definition) is 3. The molecule has 0 atom stereocenters. The Morgan fingerprint density at radius 2 is 2.22 bits per heavy atom. The summed E-state index contributed by atoms with van der Waals surface area (Å²) in [6.07, 6.45) is 1.34. The van der Waals surface area contributed by atoms with Gasteiger partial charge in [-0.05, 0) is 30.8 Å². The average molecular weight is 267 g/mol. The number of ether oxygens (including phenoxy) is 1. The Morgan fingerprint density at radius 1 is 1.39 bits per heavy atom. The molecule has 1 aromatic heterocycles. The van der Waals surface area contributed by atoms with E-state index >= 15 is 0 Å². The first kappa shape index (κ1) is 12.8. The van der Waals surface area contributed by atoms with Crippen molar-refractivity contribution >= 4 is 11.6 Å². The summed E-state index contributed by atoms with van der Waals surface area (Å²) in [5, 5.41) is 3.27. The summed E-state index contributed by atoms with van der Waals surface area (Å²) in [6, 6.07) is 8.54. The predicted molar refractivity (Wildman–Crippen MR) is 68.5 cm³/mol. The van der Waals surface area contributed by atoms with E-state index in [4.69, 9.17) is 16.3 Å². The largest absolute Gasteiger partial charge is 0.436 e. The third kappa shape index (κ3) is 3.18. The van der Waals surface area contributed by atoms with Gasteiger partial charge >= 0.3 is 0 Å². The van der Waals surface area contributed by atoms with Crippen LogP contribution in [0.1, 0.15) is 5.56 Å². The minimum Gasteiger partial charge on any atom is -0.436 e. The Hall–Kier alpha value is -1.65. The van der Waals surface area contributed by atoms with Gasteiger partial charge in [0, 0.05) is 12.7 Å². The van der Waals surface area contributed by atoms with Crippen LogP contribution in [0.15, 0.2) is 36.5 Å². The molecule has 1 heterocycles. The SMILES string of the molecule is CNCc1cccc(Oc2ncc(Cl)cc2F)c1. The normalized spacial score (nSPS) is 10.4. The molecule has 94 valence electrons. The van der Waals surface area contributed by atoms with E-state index in [1.54, 1.807) is 6.07 Å². The molecule has 3 nitrogen and oxygen atoms in total. The third-order valence-electron chi connectivity index (χ3n) is 2.27. The van der Waals surface area contributed by atoms with Gasteiger partial charge in [0.25, 0.3) is 5.88 Å². The molecule has 0 saturated carbocycles. The van der Waals surface area contributed by atoms with Crippen molar-refractivity contribution in [1.82, 2.24) is 10.3 Å². The van der Waals surface area contributed by atoms with Crippen molar-refractivity contribution in [3.63, 3.8) is 0 Å². The number of halogens is 2. The van der Waals surface area contributed by atoms with Gasteiger partial charge in [0.05, 0.1) is 5.02 Å². The highest BCUT2D eigenvalue weighted by atomic mass is 35.5. The standard InChI is InChI=1S/C13H12ClFN2O/c1-16-7-9-3-2-4-11(5-9)18-13-12(15)6-10(14)8-17-13/h2-6,8,16H,7H2,1H3. The number of nitrogens with zero attached hydrogens (tertiary/aromatic N) is 1. The van der Waals surface area contributed by atoms with Crippen LogP contribution >= 0.6 is 11.6 Å². The Morgan fingerprint density at radius 3 is 2.94 bits per heavy atom. The van der Waals surface area contributed by atoms with E-state index in [-0.39, 0.29) is 10.9 Å². The molecule has 0 aliphatic heterocycles. The highest BCUT2D eigenvalue weighted by molar-refractivity contribution is 6.30. The van der Waals surface area contributed by atoms with Crippen LogP contribution in [0.2, 0.25) is 5.02 Å². The lowest BCUT2D eigenvalue weighted by atomic mass is 10.2. The molecule has 0 aliphatic rings. The molecule has 0 fully saturated rings. The van der Waals surface area contributed by atoms with Gasteiger partial charge in [0.2, 0.25) is 0 Å². The van der Waals surface area contributed by atoms with E-state index in [9.17, 15) is 4.39 Å². The molecule has 0 spiro atoms. The summed E-state index contributed by atoms with van der Waals surface area (Å²) >= 11 is 5.62. The third-order valence-corrected chi connectivity index (χ3v) is 2.47. The van der Waals surface area contributed by atoms with Crippen molar-refractivity contribution in [1.29, 1.82) is 0 Å². The van der Waals surface area contributed by atoms with Crippen molar-refractivity contribution in [3.8, 4) is 11.6 Å².